The van der Waals surface area contributed by atoms with E-state index in [-0.39, 0.29) is 17.6 Å². The first-order valence-corrected chi connectivity index (χ1v) is 12.0. The average Bonchev–Trinajstić information content (AvgIpc) is 2.68. The Morgan fingerprint density at radius 3 is 2.38 bits per heavy atom. The quantitative estimate of drug-likeness (QED) is 0.632. The number of anilines is 1. The number of hydrogen-bond acceptors (Lipinski definition) is 4. The van der Waals surface area contributed by atoms with Crippen molar-refractivity contribution in [3.8, 4) is 0 Å². The molecular formula is C20H20BrClN2O4S. The zero-order chi connectivity index (χ0) is 21.2. The van der Waals surface area contributed by atoms with E-state index in [9.17, 15) is 18.0 Å². The number of nitrogens with one attached hydrogen (secondary N) is 1. The van der Waals surface area contributed by atoms with Gasteiger partial charge in [-0.15, -0.1) is 0 Å². The smallest absolute Gasteiger partial charge is 0.227 e. The number of piperidine rings is 1. The fourth-order valence-electron chi connectivity index (χ4n) is 3.29. The van der Waals surface area contributed by atoms with Crippen molar-refractivity contribution in [1.82, 2.24) is 4.31 Å². The van der Waals surface area contributed by atoms with Crippen molar-refractivity contribution in [3.63, 3.8) is 0 Å². The lowest BCUT2D eigenvalue weighted by molar-refractivity contribution is -0.120. The molecule has 3 rings (SSSR count). The summed E-state index contributed by atoms with van der Waals surface area (Å²) in [4.78, 5) is 25.8. The topological polar surface area (TPSA) is 83.6 Å². The average molecular weight is 500 g/mol. The van der Waals surface area contributed by atoms with Crippen molar-refractivity contribution in [3.05, 3.63) is 63.1 Å². The van der Waals surface area contributed by atoms with Crippen LogP contribution in [0.15, 0.2) is 46.9 Å². The first-order chi connectivity index (χ1) is 13.7. The Bertz CT molecular complexity index is 1050. The lowest BCUT2D eigenvalue weighted by Crippen LogP contribution is -2.41. The summed E-state index contributed by atoms with van der Waals surface area (Å²) in [6, 6.07) is 11.8. The SMILES string of the molecule is CS(=O)(=O)N1CCC(C(=O)Nc2ccc(Br)cc2C(=O)c2ccccc2Cl)CC1. The zero-order valence-electron chi connectivity index (χ0n) is 15.7. The van der Waals surface area contributed by atoms with Gasteiger partial charge in [-0.25, -0.2) is 12.7 Å². The molecule has 1 amide bonds. The number of rotatable bonds is 5. The molecule has 0 aromatic heterocycles. The molecule has 6 nitrogen and oxygen atoms in total. The second-order valence-corrected chi connectivity index (χ2v) is 10.2. The summed E-state index contributed by atoms with van der Waals surface area (Å²) in [5, 5.41) is 3.18. The molecule has 0 unspecified atom stereocenters. The van der Waals surface area contributed by atoms with E-state index in [1.165, 1.54) is 10.6 Å². The molecule has 1 aliphatic rings. The highest BCUT2D eigenvalue weighted by molar-refractivity contribution is 9.10. The third-order valence-electron chi connectivity index (χ3n) is 4.90. The van der Waals surface area contributed by atoms with Gasteiger partial charge in [0.15, 0.2) is 5.78 Å². The molecule has 1 N–H and O–H groups in total. The van der Waals surface area contributed by atoms with Crippen LogP contribution < -0.4 is 5.32 Å². The normalized spacial score (nSPS) is 15.8. The minimum atomic E-state index is -3.25. The summed E-state index contributed by atoms with van der Waals surface area (Å²) >= 11 is 9.53. The Balaban J connectivity index is 1.79. The number of carbonyl (C=O) groups is 2. The van der Waals surface area contributed by atoms with Gasteiger partial charge in [0.2, 0.25) is 15.9 Å². The Morgan fingerprint density at radius 2 is 1.76 bits per heavy atom. The van der Waals surface area contributed by atoms with Crippen LogP contribution in [0.1, 0.15) is 28.8 Å². The van der Waals surface area contributed by atoms with E-state index in [1.807, 2.05) is 0 Å². The van der Waals surface area contributed by atoms with Gasteiger partial charge in [0.25, 0.3) is 0 Å². The van der Waals surface area contributed by atoms with Crippen LogP contribution in [-0.2, 0) is 14.8 Å². The molecule has 9 heteroatoms. The maximum Gasteiger partial charge on any atom is 0.227 e. The number of nitrogens with zero attached hydrogens (tertiary/aromatic N) is 1. The van der Waals surface area contributed by atoms with Crippen molar-refractivity contribution in [2.24, 2.45) is 5.92 Å². The molecule has 1 aliphatic heterocycles. The van der Waals surface area contributed by atoms with Gasteiger partial charge in [-0.05, 0) is 43.2 Å². The van der Waals surface area contributed by atoms with Gasteiger partial charge in [-0.2, -0.15) is 0 Å². The van der Waals surface area contributed by atoms with Crippen molar-refractivity contribution < 1.29 is 18.0 Å². The van der Waals surface area contributed by atoms with Crippen LogP contribution in [0.5, 0.6) is 0 Å². The molecule has 0 spiro atoms. The monoisotopic (exact) mass is 498 g/mol. The first kappa shape index (κ1) is 22.0. The molecule has 2 aromatic carbocycles. The standard InChI is InChI=1S/C20H20BrClN2O4S/c1-29(27,28)24-10-8-13(9-11-24)20(26)23-18-7-6-14(21)12-16(18)19(25)15-4-2-3-5-17(15)22/h2-7,12-13H,8-11H2,1H3,(H,23,26). The third-order valence-corrected chi connectivity index (χ3v) is 7.02. The fourth-order valence-corrected chi connectivity index (χ4v) is 4.74. The van der Waals surface area contributed by atoms with Gasteiger partial charge in [0.05, 0.1) is 17.0 Å². The molecule has 0 saturated carbocycles. The Labute approximate surface area is 183 Å². The summed E-state index contributed by atoms with van der Waals surface area (Å²) in [7, 11) is -3.25. The molecule has 1 saturated heterocycles. The predicted molar refractivity (Wildman–Crippen MR) is 117 cm³/mol. The molecule has 0 atom stereocenters. The van der Waals surface area contributed by atoms with Gasteiger partial charge in [-0.1, -0.05) is 39.7 Å². The van der Waals surface area contributed by atoms with E-state index in [4.69, 9.17) is 11.6 Å². The summed E-state index contributed by atoms with van der Waals surface area (Å²) < 4.78 is 25.4. The Morgan fingerprint density at radius 1 is 1.10 bits per heavy atom. The van der Waals surface area contributed by atoms with E-state index in [1.54, 1.807) is 42.5 Å². The summed E-state index contributed by atoms with van der Waals surface area (Å²) in [6.45, 7) is 0.616. The number of amides is 1. The van der Waals surface area contributed by atoms with Gasteiger partial charge in [-0.3, -0.25) is 9.59 Å². The third kappa shape index (κ3) is 5.25. The van der Waals surface area contributed by atoms with Crippen LogP contribution >= 0.6 is 27.5 Å². The molecule has 0 aliphatic carbocycles. The second kappa shape index (κ2) is 8.95. The number of sulfonamides is 1. The van der Waals surface area contributed by atoms with Crippen LogP contribution in [0.3, 0.4) is 0 Å². The minimum absolute atomic E-state index is 0.228. The van der Waals surface area contributed by atoms with Crippen LogP contribution in [-0.4, -0.2) is 43.8 Å². The van der Waals surface area contributed by atoms with Crippen LogP contribution in [0.4, 0.5) is 5.69 Å². The van der Waals surface area contributed by atoms with E-state index in [0.717, 1.165) is 0 Å². The van der Waals surface area contributed by atoms with Gasteiger partial charge in [0, 0.05) is 34.6 Å². The highest BCUT2D eigenvalue weighted by Gasteiger charge is 2.29. The lowest BCUT2D eigenvalue weighted by Gasteiger charge is -2.29. The Kier molecular flexibility index (Phi) is 6.78. The van der Waals surface area contributed by atoms with Crippen LogP contribution in [0.25, 0.3) is 0 Å². The highest BCUT2D eigenvalue weighted by atomic mass is 79.9. The number of halogens is 2. The molecule has 0 radical (unpaired) electrons. The number of benzene rings is 2. The van der Waals surface area contributed by atoms with Crippen LogP contribution in [0, 0.1) is 5.92 Å². The predicted octanol–water partition coefficient (Wildman–Crippen LogP) is 3.94. The molecule has 29 heavy (non-hydrogen) atoms. The van der Waals surface area contributed by atoms with E-state index >= 15 is 0 Å². The van der Waals surface area contributed by atoms with Gasteiger partial charge < -0.3 is 5.32 Å². The number of hydrogen-bond donors (Lipinski definition) is 1. The summed E-state index contributed by atoms with van der Waals surface area (Å²) in [5.41, 5.74) is 1.08. The number of carbonyl (C=O) groups excluding carboxylic acids is 2. The van der Waals surface area contributed by atoms with Gasteiger partial charge in [0.1, 0.15) is 0 Å². The molecule has 0 bridgehead atoms. The minimum Gasteiger partial charge on any atom is -0.325 e. The molecule has 154 valence electrons. The van der Waals surface area contributed by atoms with Crippen molar-refractivity contribution in [2.45, 2.75) is 12.8 Å². The van der Waals surface area contributed by atoms with E-state index in [0.29, 0.717) is 52.2 Å². The summed E-state index contributed by atoms with van der Waals surface area (Å²) in [6.07, 6.45) is 2.04. The van der Waals surface area contributed by atoms with Gasteiger partial charge >= 0.3 is 0 Å². The number of ketones is 1. The fraction of sp³-hybridized carbons (Fsp3) is 0.300. The van der Waals surface area contributed by atoms with E-state index in [2.05, 4.69) is 21.2 Å². The largest absolute Gasteiger partial charge is 0.325 e. The lowest BCUT2D eigenvalue weighted by atomic mass is 9.96. The van der Waals surface area contributed by atoms with E-state index < -0.39 is 10.0 Å². The molecule has 1 heterocycles. The van der Waals surface area contributed by atoms with Crippen molar-refractivity contribution in [2.75, 3.05) is 24.7 Å². The first-order valence-electron chi connectivity index (χ1n) is 9.01. The Hall–Kier alpha value is -1.74. The van der Waals surface area contributed by atoms with Crippen LogP contribution in [0.2, 0.25) is 5.02 Å². The maximum atomic E-state index is 13.0. The maximum absolute atomic E-state index is 13.0. The molecular weight excluding hydrogens is 480 g/mol. The molecule has 2 aromatic rings. The summed E-state index contributed by atoms with van der Waals surface area (Å²) in [5.74, 6) is -0.840. The highest BCUT2D eigenvalue weighted by Crippen LogP contribution is 2.28. The zero-order valence-corrected chi connectivity index (χ0v) is 18.9. The van der Waals surface area contributed by atoms with Crippen molar-refractivity contribution >= 4 is 54.9 Å². The van der Waals surface area contributed by atoms with Crippen molar-refractivity contribution in [1.29, 1.82) is 0 Å². The second-order valence-electron chi connectivity index (χ2n) is 6.92. The molecule has 1 fully saturated rings.